The van der Waals surface area contributed by atoms with E-state index in [4.69, 9.17) is 9.84 Å². The summed E-state index contributed by atoms with van der Waals surface area (Å²) in [5.74, 6) is -0.335. The van der Waals surface area contributed by atoms with Gasteiger partial charge in [0.25, 0.3) is 0 Å². The molecule has 1 fully saturated rings. The lowest BCUT2D eigenvalue weighted by atomic mass is 9.73. The highest BCUT2D eigenvalue weighted by Crippen LogP contribution is 2.44. The van der Waals surface area contributed by atoms with Crippen molar-refractivity contribution in [3.05, 3.63) is 34.2 Å². The summed E-state index contributed by atoms with van der Waals surface area (Å²) in [6.45, 7) is 4.54. The van der Waals surface area contributed by atoms with Gasteiger partial charge < -0.3 is 14.4 Å². The molecule has 1 aromatic carbocycles. The maximum Gasteiger partial charge on any atom is 0.335 e. The van der Waals surface area contributed by atoms with Crippen LogP contribution >= 0.6 is 11.3 Å². The van der Waals surface area contributed by atoms with Crippen LogP contribution in [-0.4, -0.2) is 31.9 Å². The number of carbonyl (C=O) groups is 1. The molecule has 3 rings (SSSR count). The first kappa shape index (κ1) is 20.8. The van der Waals surface area contributed by atoms with E-state index < -0.39 is 17.2 Å². The summed E-state index contributed by atoms with van der Waals surface area (Å²) in [6.07, 6.45) is 4.32. The van der Waals surface area contributed by atoms with Crippen LogP contribution in [0.5, 0.6) is 5.75 Å². The van der Waals surface area contributed by atoms with Crippen molar-refractivity contribution in [1.29, 1.82) is 0 Å². The lowest BCUT2D eigenvalue weighted by Gasteiger charge is -2.33. The number of anilines is 2. The van der Waals surface area contributed by atoms with Crippen LogP contribution in [0.25, 0.3) is 0 Å². The zero-order valence-corrected chi connectivity index (χ0v) is 17.6. The SMILES string of the molecule is COc1cc(C(=O)O)ccc1N(c1csc(C2CCC(C)(C)CC2)n1)S(=O)[O-]. The second-order valence-electron chi connectivity index (χ2n) is 7.69. The molecule has 0 saturated heterocycles. The van der Waals surface area contributed by atoms with E-state index in [1.54, 1.807) is 5.38 Å². The van der Waals surface area contributed by atoms with E-state index in [-0.39, 0.29) is 17.0 Å². The van der Waals surface area contributed by atoms with Crippen molar-refractivity contribution in [2.75, 3.05) is 11.4 Å². The van der Waals surface area contributed by atoms with Crippen molar-refractivity contribution in [2.45, 2.75) is 45.4 Å². The predicted molar refractivity (Wildman–Crippen MR) is 108 cm³/mol. The van der Waals surface area contributed by atoms with Gasteiger partial charge in [-0.15, -0.1) is 11.3 Å². The zero-order valence-electron chi connectivity index (χ0n) is 16.0. The van der Waals surface area contributed by atoms with E-state index in [9.17, 15) is 13.6 Å². The summed E-state index contributed by atoms with van der Waals surface area (Å²) >= 11 is -1.18. The average molecular weight is 424 g/mol. The Morgan fingerprint density at radius 2 is 2.07 bits per heavy atom. The predicted octanol–water partition coefficient (Wildman–Crippen LogP) is 4.47. The molecule has 0 amide bonds. The summed E-state index contributed by atoms with van der Waals surface area (Å²) in [5.41, 5.74) is 0.585. The zero-order chi connectivity index (χ0) is 20.5. The van der Waals surface area contributed by atoms with E-state index in [0.717, 1.165) is 35.0 Å². The van der Waals surface area contributed by atoms with Crippen molar-refractivity contribution in [3.8, 4) is 5.75 Å². The monoisotopic (exact) mass is 423 g/mol. The van der Waals surface area contributed by atoms with E-state index in [1.807, 2.05) is 0 Å². The maximum absolute atomic E-state index is 12.0. The van der Waals surface area contributed by atoms with Crippen LogP contribution in [0.4, 0.5) is 11.5 Å². The number of carboxylic acid groups (broad SMARTS) is 1. The number of ether oxygens (including phenoxy) is 1. The maximum atomic E-state index is 12.0. The third kappa shape index (κ3) is 4.37. The van der Waals surface area contributed by atoms with Gasteiger partial charge in [-0.3, -0.25) is 4.21 Å². The van der Waals surface area contributed by atoms with Crippen LogP contribution in [-0.2, 0) is 11.3 Å². The molecular weight excluding hydrogens is 400 g/mol. The molecule has 7 nitrogen and oxygen atoms in total. The molecule has 1 aliphatic carbocycles. The molecule has 1 saturated carbocycles. The number of rotatable bonds is 6. The lowest BCUT2D eigenvalue weighted by Crippen LogP contribution is -2.22. The number of aromatic carboxylic acids is 1. The van der Waals surface area contributed by atoms with Crippen LogP contribution in [0.15, 0.2) is 23.6 Å². The summed E-state index contributed by atoms with van der Waals surface area (Å²) in [7, 11) is 1.37. The Bertz CT molecular complexity index is 886. The molecule has 1 aromatic heterocycles. The summed E-state index contributed by atoms with van der Waals surface area (Å²) in [4.78, 5) is 15.8. The number of nitrogens with zero attached hydrogens (tertiary/aromatic N) is 2. The molecule has 1 atom stereocenters. The van der Waals surface area contributed by atoms with Crippen LogP contribution in [0.2, 0.25) is 0 Å². The number of hydrogen-bond donors (Lipinski definition) is 1. The number of methoxy groups -OCH3 is 1. The van der Waals surface area contributed by atoms with Gasteiger partial charge in [0, 0.05) is 11.3 Å². The molecule has 0 aliphatic heterocycles. The third-order valence-corrected chi connectivity index (χ3v) is 6.88. The lowest BCUT2D eigenvalue weighted by molar-refractivity contribution is 0.0696. The first-order chi connectivity index (χ1) is 13.2. The largest absolute Gasteiger partial charge is 0.755 e. The van der Waals surface area contributed by atoms with Gasteiger partial charge in [-0.05, 0) is 49.3 Å². The van der Waals surface area contributed by atoms with Crippen molar-refractivity contribution in [1.82, 2.24) is 4.98 Å². The van der Waals surface area contributed by atoms with Gasteiger partial charge in [0.1, 0.15) is 5.75 Å². The van der Waals surface area contributed by atoms with Crippen LogP contribution in [0.1, 0.15) is 60.8 Å². The molecule has 152 valence electrons. The van der Waals surface area contributed by atoms with Crippen molar-refractivity contribution in [2.24, 2.45) is 5.41 Å². The van der Waals surface area contributed by atoms with Gasteiger partial charge in [-0.1, -0.05) is 13.8 Å². The molecule has 28 heavy (non-hydrogen) atoms. The minimum atomic E-state index is -2.64. The first-order valence-electron chi connectivity index (χ1n) is 8.98. The van der Waals surface area contributed by atoms with E-state index in [1.165, 1.54) is 36.6 Å². The molecule has 1 heterocycles. The molecule has 1 N–H and O–H groups in total. The highest BCUT2D eigenvalue weighted by molar-refractivity contribution is 7.81. The molecule has 0 bridgehead atoms. The highest BCUT2D eigenvalue weighted by atomic mass is 32.2. The number of carboxylic acids is 1. The number of aromatic nitrogens is 1. The molecule has 2 aromatic rings. The highest BCUT2D eigenvalue weighted by Gasteiger charge is 2.30. The topological polar surface area (TPSA) is 103 Å². The second kappa shape index (κ2) is 8.18. The molecule has 0 spiro atoms. The number of benzene rings is 1. The van der Waals surface area contributed by atoms with Gasteiger partial charge >= 0.3 is 5.97 Å². The number of hydrogen-bond acceptors (Lipinski definition) is 6. The van der Waals surface area contributed by atoms with Crippen molar-refractivity contribution >= 4 is 40.1 Å². The van der Waals surface area contributed by atoms with Gasteiger partial charge in [0.2, 0.25) is 0 Å². The summed E-state index contributed by atoms with van der Waals surface area (Å²) < 4.78 is 30.2. The van der Waals surface area contributed by atoms with Gasteiger partial charge in [0.05, 0.1) is 34.6 Å². The molecule has 9 heteroatoms. The van der Waals surface area contributed by atoms with Gasteiger partial charge in [0.15, 0.2) is 5.82 Å². The minimum absolute atomic E-state index is 0.0148. The third-order valence-electron chi connectivity index (χ3n) is 5.20. The molecular formula is C19H23N2O5S2-. The Morgan fingerprint density at radius 1 is 1.39 bits per heavy atom. The average Bonchev–Trinajstić information content (AvgIpc) is 3.11. The Kier molecular flexibility index (Phi) is 6.07. The Labute approximate surface area is 170 Å². The fourth-order valence-electron chi connectivity index (χ4n) is 3.46. The fraction of sp³-hybridized carbons (Fsp3) is 0.474. The quantitative estimate of drug-likeness (QED) is 0.688. The van der Waals surface area contributed by atoms with Crippen LogP contribution in [0, 0.1) is 5.41 Å². The van der Waals surface area contributed by atoms with E-state index in [0.29, 0.717) is 17.2 Å². The minimum Gasteiger partial charge on any atom is -0.755 e. The summed E-state index contributed by atoms with van der Waals surface area (Å²) in [6, 6.07) is 4.06. The summed E-state index contributed by atoms with van der Waals surface area (Å²) in [5, 5.41) is 11.8. The van der Waals surface area contributed by atoms with Crippen molar-refractivity contribution < 1.29 is 23.4 Å². The standard InChI is InChI=1S/C19H24N2O5S2/c1-19(2)8-6-12(7-9-19)17-20-16(11-27-17)21(28(24)25)14-5-4-13(18(22)23)10-15(14)26-3/h4-5,10-12H,6-9H2,1-3H3,(H,22,23)(H,24,25)/p-1. The van der Waals surface area contributed by atoms with Gasteiger partial charge in [-0.25, -0.2) is 14.1 Å². The molecule has 0 radical (unpaired) electrons. The first-order valence-corrected chi connectivity index (χ1v) is 10.9. The van der Waals surface area contributed by atoms with E-state index in [2.05, 4.69) is 18.8 Å². The van der Waals surface area contributed by atoms with Crippen LogP contribution < -0.4 is 9.04 Å². The van der Waals surface area contributed by atoms with E-state index >= 15 is 0 Å². The molecule has 1 aliphatic rings. The van der Waals surface area contributed by atoms with Crippen LogP contribution in [0.3, 0.4) is 0 Å². The Hall–Kier alpha value is -1.97. The fourth-order valence-corrected chi connectivity index (χ4v) is 5.05. The Balaban J connectivity index is 1.91. The normalized spacial score (nSPS) is 17.9. The Morgan fingerprint density at radius 3 is 2.64 bits per heavy atom. The molecule has 1 unspecified atom stereocenters. The van der Waals surface area contributed by atoms with Crippen molar-refractivity contribution in [3.63, 3.8) is 0 Å². The smallest absolute Gasteiger partial charge is 0.335 e. The van der Waals surface area contributed by atoms with Gasteiger partial charge in [-0.2, -0.15) is 0 Å². The second-order valence-corrected chi connectivity index (χ2v) is 9.37. The number of thiazole rings is 1.